The van der Waals surface area contributed by atoms with E-state index in [1.165, 1.54) is 13.2 Å². The molecule has 9 heteroatoms. The van der Waals surface area contributed by atoms with Gasteiger partial charge in [-0.2, -0.15) is 0 Å². The summed E-state index contributed by atoms with van der Waals surface area (Å²) in [5.74, 6) is -3.27. The minimum absolute atomic E-state index is 0.285. The summed E-state index contributed by atoms with van der Waals surface area (Å²) in [6.45, 7) is 0. The van der Waals surface area contributed by atoms with E-state index in [0.717, 1.165) is 14.7 Å². The summed E-state index contributed by atoms with van der Waals surface area (Å²) < 4.78 is 5.59. The van der Waals surface area contributed by atoms with Gasteiger partial charge >= 0.3 is 12.0 Å². The molecule has 1 atom stereocenters. The lowest BCUT2D eigenvalue weighted by atomic mass is 10.1. The minimum Gasteiger partial charge on any atom is -0.465 e. The molecule has 1 saturated heterocycles. The van der Waals surface area contributed by atoms with E-state index in [1.807, 2.05) is 0 Å². The fourth-order valence-corrected chi connectivity index (χ4v) is 2.91. The van der Waals surface area contributed by atoms with Crippen LogP contribution in [-0.4, -0.2) is 37.1 Å². The zero-order chi connectivity index (χ0) is 20.3. The third-order valence-corrected chi connectivity index (χ3v) is 4.65. The molecule has 0 saturated carbocycles. The highest BCUT2D eigenvalue weighted by Crippen LogP contribution is 2.22. The molecule has 4 amide bonds. The van der Waals surface area contributed by atoms with Crippen molar-refractivity contribution in [2.24, 2.45) is 10.9 Å². The Bertz CT molecular complexity index is 987. The fourth-order valence-electron chi connectivity index (χ4n) is 2.55. The van der Waals surface area contributed by atoms with E-state index in [2.05, 4.69) is 37.6 Å². The average molecular weight is 491 g/mol. The number of barbiturate groups is 1. The second-order valence-electron chi connectivity index (χ2n) is 5.74. The third-order valence-electron chi connectivity index (χ3n) is 3.93. The first-order valence-electron chi connectivity index (χ1n) is 8.07. The average Bonchev–Trinajstić information content (AvgIpc) is 2.68. The van der Waals surface area contributed by atoms with Crippen LogP contribution in [0.4, 0.5) is 16.2 Å². The highest BCUT2D eigenvalue weighted by atomic mass is 127. The zero-order valence-corrected chi connectivity index (χ0v) is 16.7. The van der Waals surface area contributed by atoms with Crippen molar-refractivity contribution in [3.63, 3.8) is 0 Å². The van der Waals surface area contributed by atoms with Gasteiger partial charge in [-0.1, -0.05) is 6.07 Å². The number of nitrogens with one attached hydrogen (secondary N) is 1. The lowest BCUT2D eigenvalue weighted by Gasteiger charge is -2.28. The molecule has 1 heterocycles. The summed E-state index contributed by atoms with van der Waals surface area (Å²) in [5.41, 5.74) is 0.995. The van der Waals surface area contributed by atoms with E-state index in [1.54, 1.807) is 42.5 Å². The maximum Gasteiger partial charge on any atom is 0.337 e. The van der Waals surface area contributed by atoms with Crippen LogP contribution in [0.1, 0.15) is 10.4 Å². The molecule has 0 aliphatic carbocycles. The van der Waals surface area contributed by atoms with Crippen LogP contribution < -0.4 is 10.2 Å². The number of urea groups is 1. The molecule has 142 valence electrons. The molecule has 2 aromatic rings. The number of halogens is 1. The Morgan fingerprint density at radius 1 is 1.18 bits per heavy atom. The molecule has 1 fully saturated rings. The SMILES string of the molecule is COC(=O)c1cccc(N=C[C@@H]2C(=O)NC(=O)N(c3ccc(I)cc3)C2=O)c1. The van der Waals surface area contributed by atoms with Gasteiger partial charge in [0.25, 0.3) is 5.91 Å². The van der Waals surface area contributed by atoms with Gasteiger partial charge in [0.15, 0.2) is 5.92 Å². The summed E-state index contributed by atoms with van der Waals surface area (Å²) in [6.07, 6.45) is 1.15. The number of hydrogen-bond donors (Lipinski definition) is 1. The van der Waals surface area contributed by atoms with Crippen LogP contribution in [0.25, 0.3) is 0 Å². The van der Waals surface area contributed by atoms with E-state index in [0.29, 0.717) is 11.4 Å². The standard InChI is InChI=1S/C19H14IN3O5/c1-28-18(26)11-3-2-4-13(9-11)21-10-15-16(24)22-19(27)23(17(15)25)14-7-5-12(20)6-8-14/h2-10,15H,1H3,(H,22,24,27)/t15-/m1/s1. The van der Waals surface area contributed by atoms with E-state index < -0.39 is 29.7 Å². The Labute approximate surface area is 173 Å². The minimum atomic E-state index is -1.28. The first-order chi connectivity index (χ1) is 13.4. The molecule has 28 heavy (non-hydrogen) atoms. The third kappa shape index (κ3) is 4.09. The van der Waals surface area contributed by atoms with Crippen LogP contribution in [0.15, 0.2) is 53.5 Å². The maximum atomic E-state index is 12.8. The molecular weight excluding hydrogens is 477 g/mol. The monoisotopic (exact) mass is 491 g/mol. The molecule has 2 aromatic carbocycles. The van der Waals surface area contributed by atoms with Crippen molar-refractivity contribution in [2.75, 3.05) is 12.0 Å². The van der Waals surface area contributed by atoms with Crippen LogP contribution in [0.5, 0.6) is 0 Å². The van der Waals surface area contributed by atoms with Gasteiger partial charge < -0.3 is 4.74 Å². The van der Waals surface area contributed by atoms with Crippen molar-refractivity contribution in [2.45, 2.75) is 0 Å². The number of rotatable bonds is 4. The number of imide groups is 2. The Balaban J connectivity index is 1.86. The van der Waals surface area contributed by atoms with Gasteiger partial charge in [0.05, 0.1) is 24.0 Å². The second kappa shape index (κ2) is 8.30. The topological polar surface area (TPSA) is 105 Å². The number of aliphatic imine (C=N–C) groups is 1. The Hall–Kier alpha value is -3.08. The van der Waals surface area contributed by atoms with Gasteiger partial charge in [0.1, 0.15) is 0 Å². The molecule has 1 N–H and O–H groups in total. The predicted octanol–water partition coefficient (Wildman–Crippen LogP) is 2.68. The highest BCUT2D eigenvalue weighted by molar-refractivity contribution is 14.1. The molecule has 1 aliphatic heterocycles. The van der Waals surface area contributed by atoms with E-state index >= 15 is 0 Å². The van der Waals surface area contributed by atoms with Gasteiger partial charge in [-0.05, 0) is 65.1 Å². The number of carbonyl (C=O) groups is 4. The van der Waals surface area contributed by atoms with Crippen molar-refractivity contribution in [1.29, 1.82) is 0 Å². The van der Waals surface area contributed by atoms with Crippen LogP contribution in [0, 0.1) is 9.49 Å². The van der Waals surface area contributed by atoms with Crippen molar-refractivity contribution >= 4 is 64.0 Å². The van der Waals surface area contributed by atoms with Gasteiger partial charge in [-0.25, -0.2) is 14.5 Å². The van der Waals surface area contributed by atoms with Gasteiger partial charge in [0, 0.05) is 9.78 Å². The Morgan fingerprint density at radius 3 is 2.57 bits per heavy atom. The first kappa shape index (κ1) is 19.7. The highest BCUT2D eigenvalue weighted by Gasteiger charge is 2.40. The molecule has 0 unspecified atom stereocenters. The Kier molecular flexibility index (Phi) is 5.83. The number of hydrogen-bond acceptors (Lipinski definition) is 6. The zero-order valence-electron chi connectivity index (χ0n) is 14.6. The summed E-state index contributed by atoms with van der Waals surface area (Å²) in [4.78, 5) is 53.7. The number of methoxy groups -OCH3 is 1. The molecule has 8 nitrogen and oxygen atoms in total. The summed E-state index contributed by atoms with van der Waals surface area (Å²) in [6, 6.07) is 12.1. The molecule has 1 aliphatic rings. The number of anilines is 1. The number of carbonyl (C=O) groups excluding carboxylic acids is 4. The number of esters is 1. The first-order valence-corrected chi connectivity index (χ1v) is 9.15. The van der Waals surface area contributed by atoms with Gasteiger partial charge in [-0.15, -0.1) is 0 Å². The van der Waals surface area contributed by atoms with Crippen molar-refractivity contribution in [3.8, 4) is 0 Å². The Morgan fingerprint density at radius 2 is 1.89 bits per heavy atom. The number of nitrogens with zero attached hydrogens (tertiary/aromatic N) is 2. The summed E-state index contributed by atoms with van der Waals surface area (Å²) in [5, 5.41) is 2.16. The van der Waals surface area contributed by atoms with Crippen LogP contribution >= 0.6 is 22.6 Å². The van der Waals surface area contributed by atoms with E-state index in [4.69, 9.17) is 0 Å². The molecule has 0 radical (unpaired) electrons. The molecule has 3 rings (SSSR count). The number of benzene rings is 2. The normalized spacial score (nSPS) is 17.0. The van der Waals surface area contributed by atoms with Crippen LogP contribution in [0.2, 0.25) is 0 Å². The predicted molar refractivity (Wildman–Crippen MR) is 110 cm³/mol. The van der Waals surface area contributed by atoms with Crippen LogP contribution in [-0.2, 0) is 14.3 Å². The number of ether oxygens (including phenoxy) is 1. The smallest absolute Gasteiger partial charge is 0.337 e. The van der Waals surface area contributed by atoms with Crippen molar-refractivity contribution in [3.05, 3.63) is 57.7 Å². The summed E-state index contributed by atoms with van der Waals surface area (Å²) in [7, 11) is 1.26. The lowest BCUT2D eigenvalue weighted by Crippen LogP contribution is -2.58. The van der Waals surface area contributed by atoms with E-state index in [-0.39, 0.29) is 5.56 Å². The van der Waals surface area contributed by atoms with Crippen molar-refractivity contribution < 1.29 is 23.9 Å². The van der Waals surface area contributed by atoms with Crippen LogP contribution in [0.3, 0.4) is 0 Å². The van der Waals surface area contributed by atoms with Gasteiger partial charge in [-0.3, -0.25) is 19.9 Å². The van der Waals surface area contributed by atoms with Crippen molar-refractivity contribution in [1.82, 2.24) is 5.32 Å². The van der Waals surface area contributed by atoms with E-state index in [9.17, 15) is 19.2 Å². The largest absolute Gasteiger partial charge is 0.465 e. The molecule has 0 aromatic heterocycles. The maximum absolute atomic E-state index is 12.8. The quantitative estimate of drug-likeness (QED) is 0.307. The molecule has 0 bridgehead atoms. The molecular formula is C19H14IN3O5. The lowest BCUT2D eigenvalue weighted by molar-refractivity contribution is -0.131. The second-order valence-corrected chi connectivity index (χ2v) is 6.99. The summed E-state index contributed by atoms with van der Waals surface area (Å²) >= 11 is 2.10. The van der Waals surface area contributed by atoms with Gasteiger partial charge in [0.2, 0.25) is 5.91 Å². The number of amides is 4. The molecule has 0 spiro atoms. The fraction of sp³-hybridized carbons (Fsp3) is 0.105.